The van der Waals surface area contributed by atoms with E-state index in [2.05, 4.69) is 9.55 Å². The summed E-state index contributed by atoms with van der Waals surface area (Å²) in [4.78, 5) is 18.3. The summed E-state index contributed by atoms with van der Waals surface area (Å²) in [7, 11) is 0. The molecule has 88 valence electrons. The smallest absolute Gasteiger partial charge is 0.274 e. The largest absolute Gasteiger partial charge is 0.338 e. The summed E-state index contributed by atoms with van der Waals surface area (Å²) in [5.74, 6) is 1.13. The fourth-order valence-corrected chi connectivity index (χ4v) is 2.19. The second-order valence-electron chi connectivity index (χ2n) is 4.17. The van der Waals surface area contributed by atoms with E-state index in [4.69, 9.17) is 0 Å². The Hall–Kier alpha value is -1.32. The van der Waals surface area contributed by atoms with E-state index < -0.39 is 0 Å². The second-order valence-corrected chi connectivity index (χ2v) is 4.17. The van der Waals surface area contributed by atoms with Gasteiger partial charge >= 0.3 is 0 Å². The standard InChI is InChI=1S/C12H19N3O/c1-3-14(4-2)12(16)10-9-15-8-6-5-7-11(15)13-10/h9H,3-8H2,1-2H3. The van der Waals surface area contributed by atoms with Gasteiger partial charge in [-0.2, -0.15) is 0 Å². The van der Waals surface area contributed by atoms with Crippen LogP contribution in [-0.4, -0.2) is 33.4 Å². The lowest BCUT2D eigenvalue weighted by Crippen LogP contribution is -2.30. The molecule has 2 rings (SSSR count). The van der Waals surface area contributed by atoms with Crippen LogP contribution in [0, 0.1) is 0 Å². The van der Waals surface area contributed by atoms with Crippen molar-refractivity contribution in [1.29, 1.82) is 0 Å². The SMILES string of the molecule is CCN(CC)C(=O)c1cn2c(n1)CCCC2. The summed E-state index contributed by atoms with van der Waals surface area (Å²) >= 11 is 0. The number of rotatable bonds is 3. The molecule has 4 nitrogen and oxygen atoms in total. The van der Waals surface area contributed by atoms with Crippen LogP contribution >= 0.6 is 0 Å². The molecule has 0 bridgehead atoms. The molecular weight excluding hydrogens is 202 g/mol. The third-order valence-electron chi connectivity index (χ3n) is 3.18. The molecule has 0 spiro atoms. The van der Waals surface area contributed by atoms with Gasteiger partial charge in [-0.25, -0.2) is 4.98 Å². The zero-order valence-electron chi connectivity index (χ0n) is 10.1. The third kappa shape index (κ3) is 1.96. The molecule has 0 saturated carbocycles. The highest BCUT2D eigenvalue weighted by molar-refractivity contribution is 5.92. The summed E-state index contributed by atoms with van der Waals surface area (Å²) < 4.78 is 2.13. The number of fused-ring (bicyclic) bond motifs is 1. The van der Waals surface area contributed by atoms with E-state index in [1.54, 1.807) is 0 Å². The molecule has 0 radical (unpaired) electrons. The van der Waals surface area contributed by atoms with E-state index >= 15 is 0 Å². The van der Waals surface area contributed by atoms with Gasteiger partial charge in [0.25, 0.3) is 5.91 Å². The minimum Gasteiger partial charge on any atom is -0.338 e. The van der Waals surface area contributed by atoms with E-state index in [9.17, 15) is 4.79 Å². The molecule has 1 amide bonds. The minimum absolute atomic E-state index is 0.0619. The fourth-order valence-electron chi connectivity index (χ4n) is 2.19. The predicted octanol–water partition coefficient (Wildman–Crippen LogP) is 1.70. The number of aryl methyl sites for hydroxylation is 2. The van der Waals surface area contributed by atoms with Gasteiger partial charge in [-0.15, -0.1) is 0 Å². The predicted molar refractivity (Wildman–Crippen MR) is 62.4 cm³/mol. The molecule has 2 heterocycles. The van der Waals surface area contributed by atoms with Crippen molar-refractivity contribution >= 4 is 5.91 Å². The molecule has 1 aliphatic heterocycles. The average Bonchev–Trinajstić information content (AvgIpc) is 2.74. The Morgan fingerprint density at radius 1 is 1.44 bits per heavy atom. The van der Waals surface area contributed by atoms with Crippen LogP contribution in [-0.2, 0) is 13.0 Å². The van der Waals surface area contributed by atoms with Crippen molar-refractivity contribution in [2.45, 2.75) is 39.7 Å². The second kappa shape index (κ2) is 4.68. The van der Waals surface area contributed by atoms with Gasteiger partial charge in [0.05, 0.1) is 0 Å². The van der Waals surface area contributed by atoms with Crippen molar-refractivity contribution in [2.75, 3.05) is 13.1 Å². The van der Waals surface area contributed by atoms with E-state index in [1.165, 1.54) is 12.8 Å². The van der Waals surface area contributed by atoms with Crippen molar-refractivity contribution in [3.63, 3.8) is 0 Å². The number of hydrogen-bond acceptors (Lipinski definition) is 2. The van der Waals surface area contributed by atoms with Crippen LogP contribution in [0.1, 0.15) is 43.0 Å². The highest BCUT2D eigenvalue weighted by Gasteiger charge is 2.19. The van der Waals surface area contributed by atoms with Gasteiger partial charge in [0.2, 0.25) is 0 Å². The van der Waals surface area contributed by atoms with Gasteiger partial charge in [0.1, 0.15) is 11.5 Å². The third-order valence-corrected chi connectivity index (χ3v) is 3.18. The van der Waals surface area contributed by atoms with Crippen LogP contribution in [0.25, 0.3) is 0 Å². The van der Waals surface area contributed by atoms with Gasteiger partial charge < -0.3 is 9.47 Å². The Morgan fingerprint density at radius 2 is 2.19 bits per heavy atom. The number of aromatic nitrogens is 2. The monoisotopic (exact) mass is 221 g/mol. The maximum Gasteiger partial charge on any atom is 0.274 e. The molecule has 1 aliphatic rings. The minimum atomic E-state index is 0.0619. The number of carbonyl (C=O) groups excluding carboxylic acids is 1. The maximum absolute atomic E-state index is 12.1. The zero-order chi connectivity index (χ0) is 11.5. The number of hydrogen-bond donors (Lipinski definition) is 0. The summed E-state index contributed by atoms with van der Waals surface area (Å²) in [6, 6.07) is 0. The first-order valence-corrected chi connectivity index (χ1v) is 6.11. The first-order chi connectivity index (χ1) is 7.76. The van der Waals surface area contributed by atoms with Crippen LogP contribution in [0.5, 0.6) is 0 Å². The lowest BCUT2D eigenvalue weighted by atomic mass is 10.2. The molecule has 0 saturated heterocycles. The Labute approximate surface area is 96.3 Å². The lowest BCUT2D eigenvalue weighted by Gasteiger charge is -2.16. The van der Waals surface area contributed by atoms with E-state index in [0.717, 1.165) is 31.9 Å². The first kappa shape index (κ1) is 11.2. The van der Waals surface area contributed by atoms with Crippen molar-refractivity contribution < 1.29 is 4.79 Å². The molecule has 0 N–H and O–H groups in total. The number of carbonyl (C=O) groups is 1. The molecule has 4 heteroatoms. The van der Waals surface area contributed by atoms with Gasteiger partial charge in [-0.1, -0.05) is 0 Å². The Balaban J connectivity index is 2.20. The molecule has 16 heavy (non-hydrogen) atoms. The van der Waals surface area contributed by atoms with E-state index in [-0.39, 0.29) is 5.91 Å². The van der Waals surface area contributed by atoms with Crippen LogP contribution in [0.15, 0.2) is 6.20 Å². The zero-order valence-corrected chi connectivity index (χ0v) is 10.1. The molecule has 1 aromatic heterocycles. The summed E-state index contributed by atoms with van der Waals surface area (Å²) in [5.41, 5.74) is 0.612. The number of imidazole rings is 1. The van der Waals surface area contributed by atoms with Crippen molar-refractivity contribution in [3.8, 4) is 0 Å². The summed E-state index contributed by atoms with van der Waals surface area (Å²) in [5, 5.41) is 0. The topological polar surface area (TPSA) is 38.1 Å². The van der Waals surface area contributed by atoms with Gasteiger partial charge in [0, 0.05) is 32.3 Å². The van der Waals surface area contributed by atoms with Gasteiger partial charge in [-0.05, 0) is 26.7 Å². The lowest BCUT2D eigenvalue weighted by molar-refractivity contribution is 0.0767. The van der Waals surface area contributed by atoms with Crippen LogP contribution < -0.4 is 0 Å². The van der Waals surface area contributed by atoms with Crippen LogP contribution in [0.2, 0.25) is 0 Å². The normalized spacial score (nSPS) is 14.6. The van der Waals surface area contributed by atoms with Gasteiger partial charge in [0.15, 0.2) is 0 Å². The first-order valence-electron chi connectivity index (χ1n) is 6.11. The average molecular weight is 221 g/mol. The number of nitrogens with zero attached hydrogens (tertiary/aromatic N) is 3. The Morgan fingerprint density at radius 3 is 2.81 bits per heavy atom. The fraction of sp³-hybridized carbons (Fsp3) is 0.667. The van der Waals surface area contributed by atoms with Crippen LogP contribution in [0.3, 0.4) is 0 Å². The molecule has 1 aromatic rings. The van der Waals surface area contributed by atoms with E-state index in [0.29, 0.717) is 5.69 Å². The van der Waals surface area contributed by atoms with Crippen molar-refractivity contribution in [3.05, 3.63) is 17.7 Å². The number of amides is 1. The van der Waals surface area contributed by atoms with E-state index in [1.807, 2.05) is 24.9 Å². The quantitative estimate of drug-likeness (QED) is 0.779. The molecular formula is C12H19N3O. The van der Waals surface area contributed by atoms with Crippen molar-refractivity contribution in [1.82, 2.24) is 14.5 Å². The summed E-state index contributed by atoms with van der Waals surface area (Å²) in [6.45, 7) is 6.50. The highest BCUT2D eigenvalue weighted by Crippen LogP contribution is 2.15. The molecule has 0 aliphatic carbocycles. The summed E-state index contributed by atoms with van der Waals surface area (Å²) in [6.07, 6.45) is 5.30. The van der Waals surface area contributed by atoms with Crippen molar-refractivity contribution in [2.24, 2.45) is 0 Å². The molecule has 0 unspecified atom stereocenters. The Bertz CT molecular complexity index is 356. The molecule has 0 fully saturated rings. The molecule has 0 aromatic carbocycles. The van der Waals surface area contributed by atoms with Gasteiger partial charge in [-0.3, -0.25) is 4.79 Å². The molecule has 0 atom stereocenters. The highest BCUT2D eigenvalue weighted by atomic mass is 16.2. The Kier molecular flexibility index (Phi) is 3.27. The van der Waals surface area contributed by atoms with Crippen LogP contribution in [0.4, 0.5) is 0 Å². The maximum atomic E-state index is 12.1.